The van der Waals surface area contributed by atoms with Gasteiger partial charge in [-0.05, 0) is 22.0 Å². The van der Waals surface area contributed by atoms with E-state index >= 15 is 0 Å². The van der Waals surface area contributed by atoms with Crippen molar-refractivity contribution in [3.05, 3.63) is 28.1 Å². The van der Waals surface area contributed by atoms with Crippen molar-refractivity contribution in [2.45, 2.75) is 12.8 Å². The number of aromatic nitrogens is 3. The minimum atomic E-state index is 0.568. The zero-order chi connectivity index (χ0) is 15.5. The van der Waals surface area contributed by atoms with Crippen LogP contribution in [0, 0.1) is 0 Å². The van der Waals surface area contributed by atoms with E-state index in [1.54, 1.807) is 13.3 Å². The van der Waals surface area contributed by atoms with E-state index in [1.165, 1.54) is 23.2 Å². The Bertz CT molecular complexity index is 677. The van der Waals surface area contributed by atoms with Crippen LogP contribution in [0.5, 0.6) is 5.88 Å². The predicted molar refractivity (Wildman–Crippen MR) is 91.0 cm³/mol. The molecule has 0 unspecified atom stereocenters. The van der Waals surface area contributed by atoms with Crippen molar-refractivity contribution in [2.24, 2.45) is 0 Å². The summed E-state index contributed by atoms with van der Waals surface area (Å²) in [7, 11) is 1.61. The molecule has 6 nitrogen and oxygen atoms in total. The van der Waals surface area contributed by atoms with Gasteiger partial charge in [-0.25, -0.2) is 9.67 Å². The van der Waals surface area contributed by atoms with E-state index < -0.39 is 0 Å². The summed E-state index contributed by atoms with van der Waals surface area (Å²) in [6.45, 7) is 1.45. The van der Waals surface area contributed by atoms with E-state index in [9.17, 15) is 0 Å². The fourth-order valence-electron chi connectivity index (χ4n) is 2.52. The van der Waals surface area contributed by atoms with Gasteiger partial charge in [0.1, 0.15) is 10.3 Å². The molecule has 0 atom stereocenters. The molecule has 0 fully saturated rings. The van der Waals surface area contributed by atoms with Crippen LogP contribution in [0.25, 0.3) is 5.69 Å². The minimum absolute atomic E-state index is 0.568. The standard InChI is InChI=1S/C14H17BrN4O2S/c1-20-14-11(18-22-2)7-9(8-16-14)19-12-4-6-21-5-3-10(12)13(15)17-19/h7-8,18H,3-6H2,1-2H3. The Hall–Kier alpha value is -1.25. The van der Waals surface area contributed by atoms with Gasteiger partial charge >= 0.3 is 0 Å². The van der Waals surface area contributed by atoms with Gasteiger partial charge in [0.2, 0.25) is 5.88 Å². The molecule has 0 aliphatic carbocycles. The molecule has 0 saturated heterocycles. The van der Waals surface area contributed by atoms with Crippen LogP contribution in [0.4, 0.5) is 5.69 Å². The largest absolute Gasteiger partial charge is 0.480 e. The molecular formula is C14H17BrN4O2S. The van der Waals surface area contributed by atoms with Crippen molar-refractivity contribution < 1.29 is 9.47 Å². The Labute approximate surface area is 141 Å². The normalized spacial score (nSPS) is 14.3. The first-order valence-electron chi connectivity index (χ1n) is 6.92. The molecule has 0 saturated carbocycles. The summed E-state index contributed by atoms with van der Waals surface area (Å²) in [5, 5.41) is 4.62. The third-order valence-corrected chi connectivity index (χ3v) is 4.57. The Morgan fingerprint density at radius 2 is 2.23 bits per heavy atom. The van der Waals surface area contributed by atoms with Crippen LogP contribution in [0.3, 0.4) is 0 Å². The molecule has 0 aromatic carbocycles. The summed E-state index contributed by atoms with van der Waals surface area (Å²) in [4.78, 5) is 4.37. The number of anilines is 1. The molecule has 0 bridgehead atoms. The second kappa shape index (κ2) is 6.89. The molecule has 0 spiro atoms. The number of halogens is 1. The fraction of sp³-hybridized carbons (Fsp3) is 0.429. The van der Waals surface area contributed by atoms with Crippen LogP contribution >= 0.6 is 27.9 Å². The Balaban J connectivity index is 2.06. The number of methoxy groups -OCH3 is 1. The van der Waals surface area contributed by atoms with Gasteiger partial charge in [0, 0.05) is 24.7 Å². The van der Waals surface area contributed by atoms with Crippen LogP contribution < -0.4 is 9.46 Å². The molecule has 8 heteroatoms. The van der Waals surface area contributed by atoms with Gasteiger partial charge < -0.3 is 14.2 Å². The van der Waals surface area contributed by atoms with E-state index in [4.69, 9.17) is 9.47 Å². The lowest BCUT2D eigenvalue weighted by atomic mass is 10.1. The molecule has 3 rings (SSSR count). The maximum Gasteiger partial charge on any atom is 0.238 e. The zero-order valence-electron chi connectivity index (χ0n) is 12.4. The summed E-state index contributed by atoms with van der Waals surface area (Å²) in [6.07, 6.45) is 5.44. The van der Waals surface area contributed by atoms with Crippen LogP contribution in [0.2, 0.25) is 0 Å². The van der Waals surface area contributed by atoms with E-state index in [1.807, 2.05) is 17.0 Å². The highest BCUT2D eigenvalue weighted by atomic mass is 79.9. The Morgan fingerprint density at radius 3 is 3.00 bits per heavy atom. The second-order valence-electron chi connectivity index (χ2n) is 4.80. The maximum absolute atomic E-state index is 5.57. The van der Waals surface area contributed by atoms with Gasteiger partial charge in [-0.2, -0.15) is 5.10 Å². The molecule has 0 amide bonds. The maximum atomic E-state index is 5.57. The number of hydrogen-bond donors (Lipinski definition) is 1. The second-order valence-corrected chi connectivity index (χ2v) is 6.16. The number of ether oxygens (including phenoxy) is 2. The predicted octanol–water partition coefficient (Wildman–Crippen LogP) is 2.84. The van der Waals surface area contributed by atoms with Crippen molar-refractivity contribution in [1.82, 2.24) is 14.8 Å². The SMILES string of the molecule is COc1ncc(-n2nc(Br)c3c2CCOCC3)cc1NSC. The number of hydrogen-bond acceptors (Lipinski definition) is 6. The number of pyridine rings is 1. The van der Waals surface area contributed by atoms with E-state index in [-0.39, 0.29) is 0 Å². The molecule has 2 aromatic heterocycles. The van der Waals surface area contributed by atoms with E-state index in [2.05, 4.69) is 30.7 Å². The summed E-state index contributed by atoms with van der Waals surface area (Å²) in [5.74, 6) is 0.568. The molecule has 1 aliphatic heterocycles. The van der Waals surface area contributed by atoms with E-state index in [0.717, 1.165) is 35.4 Å². The summed E-state index contributed by atoms with van der Waals surface area (Å²) >= 11 is 5.06. The van der Waals surface area contributed by atoms with Crippen molar-refractivity contribution in [1.29, 1.82) is 0 Å². The van der Waals surface area contributed by atoms with Gasteiger partial charge in [-0.15, -0.1) is 0 Å². The summed E-state index contributed by atoms with van der Waals surface area (Å²) in [5.41, 5.74) is 4.12. The average molecular weight is 385 g/mol. The lowest BCUT2D eigenvalue weighted by molar-refractivity contribution is 0.145. The van der Waals surface area contributed by atoms with Crippen molar-refractivity contribution >= 4 is 33.6 Å². The van der Waals surface area contributed by atoms with Crippen molar-refractivity contribution in [3.63, 3.8) is 0 Å². The number of nitrogens with one attached hydrogen (secondary N) is 1. The topological polar surface area (TPSA) is 61.2 Å². The van der Waals surface area contributed by atoms with Gasteiger partial charge in [-0.3, -0.25) is 0 Å². The molecule has 1 aliphatic rings. The number of rotatable bonds is 4. The van der Waals surface area contributed by atoms with Gasteiger partial charge in [-0.1, -0.05) is 11.9 Å². The van der Waals surface area contributed by atoms with Gasteiger partial charge in [0.15, 0.2) is 0 Å². The molecule has 0 radical (unpaired) electrons. The summed E-state index contributed by atoms with van der Waals surface area (Å²) < 4.78 is 16.9. The molecule has 118 valence electrons. The number of nitrogens with zero attached hydrogens (tertiary/aromatic N) is 3. The zero-order valence-corrected chi connectivity index (χ0v) is 14.8. The third kappa shape index (κ3) is 2.95. The molecule has 3 heterocycles. The highest BCUT2D eigenvalue weighted by Crippen LogP contribution is 2.30. The molecule has 1 N–H and O–H groups in total. The monoisotopic (exact) mass is 384 g/mol. The first-order chi connectivity index (χ1) is 10.7. The quantitative estimate of drug-likeness (QED) is 0.817. The van der Waals surface area contributed by atoms with Gasteiger partial charge in [0.05, 0.1) is 37.9 Å². The Kier molecular flexibility index (Phi) is 4.90. The highest BCUT2D eigenvalue weighted by molar-refractivity contribution is 9.10. The van der Waals surface area contributed by atoms with Crippen LogP contribution in [0.15, 0.2) is 16.9 Å². The summed E-state index contributed by atoms with van der Waals surface area (Å²) in [6, 6.07) is 1.99. The van der Waals surface area contributed by atoms with Crippen LogP contribution in [-0.2, 0) is 17.6 Å². The molecule has 22 heavy (non-hydrogen) atoms. The smallest absolute Gasteiger partial charge is 0.238 e. The first-order valence-corrected chi connectivity index (χ1v) is 8.93. The lowest BCUT2D eigenvalue weighted by Gasteiger charge is -2.12. The lowest BCUT2D eigenvalue weighted by Crippen LogP contribution is -2.06. The molecule has 2 aromatic rings. The fourth-order valence-corrected chi connectivity index (χ4v) is 3.47. The van der Waals surface area contributed by atoms with Gasteiger partial charge in [0.25, 0.3) is 0 Å². The van der Waals surface area contributed by atoms with Crippen LogP contribution in [0.1, 0.15) is 11.3 Å². The average Bonchev–Trinajstić information content (AvgIpc) is 2.71. The van der Waals surface area contributed by atoms with Crippen molar-refractivity contribution in [2.75, 3.05) is 31.3 Å². The number of fused-ring (bicyclic) bond motifs is 1. The highest BCUT2D eigenvalue weighted by Gasteiger charge is 2.20. The van der Waals surface area contributed by atoms with Crippen molar-refractivity contribution in [3.8, 4) is 11.6 Å². The van der Waals surface area contributed by atoms with Crippen LogP contribution in [-0.4, -0.2) is 41.3 Å². The molecular weight excluding hydrogens is 368 g/mol. The Morgan fingerprint density at radius 1 is 1.41 bits per heavy atom. The minimum Gasteiger partial charge on any atom is -0.480 e. The van der Waals surface area contributed by atoms with E-state index in [0.29, 0.717) is 12.5 Å². The first kappa shape index (κ1) is 15.6. The third-order valence-electron chi connectivity index (χ3n) is 3.51.